The molecule has 128 valence electrons. The summed E-state index contributed by atoms with van der Waals surface area (Å²) in [6.45, 7) is -0.535. The van der Waals surface area contributed by atoms with Gasteiger partial charge in [0.1, 0.15) is 41.4 Å². The van der Waals surface area contributed by atoms with E-state index in [0.29, 0.717) is 0 Å². The number of rotatable bonds is 3. The second-order valence-electron chi connectivity index (χ2n) is 5.33. The van der Waals surface area contributed by atoms with Gasteiger partial charge in [0, 0.05) is 6.20 Å². The number of carbonyl (C=O) groups is 1. The Balaban J connectivity index is 2.29. The van der Waals surface area contributed by atoms with Crippen molar-refractivity contribution in [2.24, 2.45) is 5.73 Å². The highest BCUT2D eigenvalue weighted by molar-refractivity contribution is 5.97. The van der Waals surface area contributed by atoms with Crippen molar-refractivity contribution in [3.63, 3.8) is 0 Å². The predicted octanol–water partition coefficient (Wildman–Crippen LogP) is -2.92. The molecule has 7 N–H and O–H groups in total. The quantitative estimate of drug-likeness (QED) is 0.391. The topological polar surface area (TPSA) is 187 Å². The minimum Gasteiger partial charge on any atom is -0.394 e. The van der Waals surface area contributed by atoms with Gasteiger partial charge < -0.3 is 36.1 Å². The van der Waals surface area contributed by atoms with Gasteiger partial charge in [-0.15, -0.1) is 0 Å². The number of nitrogens with two attached hydrogens (primary N) is 2. The lowest BCUT2D eigenvalue weighted by Crippen LogP contribution is -2.34. The zero-order valence-electron chi connectivity index (χ0n) is 12.2. The van der Waals surface area contributed by atoms with Gasteiger partial charge in [-0.25, -0.2) is 9.97 Å². The lowest BCUT2D eigenvalue weighted by Gasteiger charge is -2.21. The number of fused-ring (bicyclic) bond motifs is 1. The molecular formula is C13H15N5O6. The van der Waals surface area contributed by atoms with E-state index in [4.69, 9.17) is 16.2 Å². The van der Waals surface area contributed by atoms with Gasteiger partial charge in [-0.05, 0) is 0 Å². The van der Waals surface area contributed by atoms with Crippen LogP contribution in [0.2, 0.25) is 0 Å². The number of primary amides is 1. The number of pyridine rings is 1. The molecule has 1 saturated heterocycles. The Morgan fingerprint density at radius 1 is 1.33 bits per heavy atom. The molecule has 4 atom stereocenters. The Bertz CT molecular complexity index is 868. The average Bonchev–Trinajstić information content (AvgIpc) is 2.83. The smallest absolute Gasteiger partial charge is 0.254 e. The standard InChI is InChI=1S/C13H15N5O6/c14-10-6-7(20)4(11(15)23)1-18(12(6)17-3-16-10)13-9(22)8(21)5(2-19)24-13/h1,3,5,8-9,13,19,21-22H,2H2,(H2,15,23)(H2,14,16,17)/t5-,8-,9-,13?/m1/s1. The summed E-state index contributed by atoms with van der Waals surface area (Å²) in [5, 5.41) is 29.1. The third kappa shape index (κ3) is 2.30. The molecule has 1 amide bonds. The van der Waals surface area contributed by atoms with Gasteiger partial charge in [0.15, 0.2) is 11.9 Å². The zero-order chi connectivity index (χ0) is 17.6. The number of aromatic nitrogens is 3. The first kappa shape index (κ1) is 16.3. The van der Waals surface area contributed by atoms with Crippen LogP contribution >= 0.6 is 0 Å². The molecule has 0 aliphatic carbocycles. The lowest BCUT2D eigenvalue weighted by atomic mass is 10.1. The van der Waals surface area contributed by atoms with Gasteiger partial charge in [0.25, 0.3) is 5.91 Å². The first-order valence-corrected chi connectivity index (χ1v) is 6.94. The molecule has 1 aliphatic rings. The van der Waals surface area contributed by atoms with Crippen LogP contribution in [-0.2, 0) is 4.74 Å². The van der Waals surface area contributed by atoms with Crippen molar-refractivity contribution < 1.29 is 24.9 Å². The van der Waals surface area contributed by atoms with Crippen LogP contribution in [0.5, 0.6) is 0 Å². The molecule has 0 saturated carbocycles. The number of anilines is 1. The van der Waals surface area contributed by atoms with Gasteiger partial charge in [-0.2, -0.15) is 0 Å². The molecule has 0 spiro atoms. The molecule has 11 heteroatoms. The number of hydrogen-bond acceptors (Lipinski definition) is 9. The van der Waals surface area contributed by atoms with Gasteiger partial charge >= 0.3 is 0 Å². The van der Waals surface area contributed by atoms with Crippen LogP contribution in [0.25, 0.3) is 11.0 Å². The summed E-state index contributed by atoms with van der Waals surface area (Å²) >= 11 is 0. The van der Waals surface area contributed by atoms with Crippen molar-refractivity contribution in [1.29, 1.82) is 0 Å². The number of amides is 1. The van der Waals surface area contributed by atoms with Crippen LogP contribution < -0.4 is 16.9 Å². The van der Waals surface area contributed by atoms with E-state index in [9.17, 15) is 24.9 Å². The van der Waals surface area contributed by atoms with E-state index in [1.54, 1.807) is 0 Å². The summed E-state index contributed by atoms with van der Waals surface area (Å²) in [7, 11) is 0. The Hall–Kier alpha value is -2.60. The van der Waals surface area contributed by atoms with E-state index < -0.39 is 48.0 Å². The maximum Gasteiger partial charge on any atom is 0.254 e. The van der Waals surface area contributed by atoms with Crippen molar-refractivity contribution in [3.8, 4) is 0 Å². The first-order chi connectivity index (χ1) is 11.4. The molecular weight excluding hydrogens is 322 g/mol. The zero-order valence-corrected chi connectivity index (χ0v) is 12.2. The fourth-order valence-electron chi connectivity index (χ4n) is 2.68. The summed E-state index contributed by atoms with van der Waals surface area (Å²) in [4.78, 5) is 31.6. The fourth-order valence-corrected chi connectivity index (χ4v) is 2.68. The summed E-state index contributed by atoms with van der Waals surface area (Å²) in [6.07, 6.45) is -2.91. The monoisotopic (exact) mass is 337 g/mol. The number of aliphatic hydroxyl groups is 3. The van der Waals surface area contributed by atoms with E-state index in [-0.39, 0.29) is 16.9 Å². The highest BCUT2D eigenvalue weighted by atomic mass is 16.6. The minimum atomic E-state index is -1.44. The number of hydrogen-bond donors (Lipinski definition) is 5. The largest absolute Gasteiger partial charge is 0.394 e. The summed E-state index contributed by atoms with van der Waals surface area (Å²) in [5.41, 5.74) is 9.75. The molecule has 11 nitrogen and oxygen atoms in total. The van der Waals surface area contributed by atoms with E-state index in [1.165, 1.54) is 4.57 Å². The number of nitrogen functional groups attached to an aromatic ring is 1. The van der Waals surface area contributed by atoms with E-state index in [1.807, 2.05) is 0 Å². The maximum atomic E-state index is 12.4. The van der Waals surface area contributed by atoms with E-state index >= 15 is 0 Å². The highest BCUT2D eigenvalue weighted by Crippen LogP contribution is 2.31. The third-order valence-corrected chi connectivity index (χ3v) is 3.90. The van der Waals surface area contributed by atoms with Crippen molar-refractivity contribution in [2.45, 2.75) is 24.5 Å². The molecule has 3 heterocycles. The second-order valence-corrected chi connectivity index (χ2v) is 5.33. The maximum absolute atomic E-state index is 12.4. The highest BCUT2D eigenvalue weighted by Gasteiger charge is 2.44. The van der Waals surface area contributed by atoms with Crippen molar-refractivity contribution >= 4 is 22.8 Å². The molecule has 1 unspecified atom stereocenters. The molecule has 24 heavy (non-hydrogen) atoms. The molecule has 1 fully saturated rings. The van der Waals surface area contributed by atoms with Gasteiger partial charge in [0.05, 0.1) is 6.61 Å². The predicted molar refractivity (Wildman–Crippen MR) is 79.7 cm³/mol. The van der Waals surface area contributed by atoms with Crippen molar-refractivity contribution in [2.75, 3.05) is 12.3 Å². The van der Waals surface area contributed by atoms with Crippen molar-refractivity contribution in [3.05, 3.63) is 28.3 Å². The van der Waals surface area contributed by atoms with Crippen LogP contribution in [0.1, 0.15) is 16.6 Å². The lowest BCUT2D eigenvalue weighted by molar-refractivity contribution is -0.0511. The van der Waals surface area contributed by atoms with Crippen LogP contribution in [0, 0.1) is 0 Å². The Morgan fingerprint density at radius 2 is 2.04 bits per heavy atom. The van der Waals surface area contributed by atoms with E-state index in [2.05, 4.69) is 9.97 Å². The normalized spacial score (nSPS) is 26.8. The van der Waals surface area contributed by atoms with Crippen LogP contribution in [0.4, 0.5) is 5.82 Å². The number of ether oxygens (including phenoxy) is 1. The molecule has 0 bridgehead atoms. The summed E-state index contributed by atoms with van der Waals surface area (Å²) < 4.78 is 6.57. The molecule has 3 rings (SSSR count). The summed E-state index contributed by atoms with van der Waals surface area (Å²) in [6, 6.07) is 0. The molecule has 1 aliphatic heterocycles. The number of nitrogens with zero attached hydrogens (tertiary/aromatic N) is 3. The fraction of sp³-hybridized carbons (Fsp3) is 0.385. The Morgan fingerprint density at radius 3 is 2.62 bits per heavy atom. The molecule has 2 aromatic rings. The molecule has 0 aromatic carbocycles. The van der Waals surface area contributed by atoms with Gasteiger partial charge in [0.2, 0.25) is 5.43 Å². The SMILES string of the molecule is NC(=O)c1cn(C2O[C@H](CO)[C@@H](O)[C@H]2O)c2ncnc(N)c2c1=O. The van der Waals surface area contributed by atoms with Crippen LogP contribution in [0.15, 0.2) is 17.3 Å². The minimum absolute atomic E-state index is 0.00709. The number of carbonyl (C=O) groups excluding carboxylic acids is 1. The third-order valence-electron chi connectivity index (χ3n) is 3.90. The number of aliphatic hydroxyl groups excluding tert-OH is 3. The van der Waals surface area contributed by atoms with Crippen molar-refractivity contribution in [1.82, 2.24) is 14.5 Å². The second kappa shape index (κ2) is 5.79. The van der Waals surface area contributed by atoms with Crippen LogP contribution in [0.3, 0.4) is 0 Å². The molecule has 2 aromatic heterocycles. The van der Waals surface area contributed by atoms with Gasteiger partial charge in [-0.3, -0.25) is 9.59 Å². The van der Waals surface area contributed by atoms with E-state index in [0.717, 1.165) is 12.5 Å². The van der Waals surface area contributed by atoms with Gasteiger partial charge in [-0.1, -0.05) is 0 Å². The first-order valence-electron chi connectivity index (χ1n) is 6.94. The van der Waals surface area contributed by atoms with Crippen LogP contribution in [-0.4, -0.2) is 60.7 Å². The Kier molecular flexibility index (Phi) is 3.93. The summed E-state index contributed by atoms with van der Waals surface area (Å²) in [5.74, 6) is -1.18. The molecule has 0 radical (unpaired) electrons. The average molecular weight is 337 g/mol. The Labute approximate surface area is 134 Å².